The van der Waals surface area contributed by atoms with Gasteiger partial charge in [-0.05, 0) is 37.1 Å². The summed E-state index contributed by atoms with van der Waals surface area (Å²) >= 11 is 0. The van der Waals surface area contributed by atoms with Crippen molar-refractivity contribution in [2.75, 3.05) is 11.9 Å². The summed E-state index contributed by atoms with van der Waals surface area (Å²) in [5.74, 6) is -0.675. The van der Waals surface area contributed by atoms with E-state index in [1.165, 1.54) is 12.1 Å². The van der Waals surface area contributed by atoms with Gasteiger partial charge < -0.3 is 24.7 Å². The second-order valence-electron chi connectivity index (χ2n) is 6.57. The van der Waals surface area contributed by atoms with Crippen LogP contribution in [0.3, 0.4) is 0 Å². The van der Waals surface area contributed by atoms with Crippen molar-refractivity contribution in [1.82, 2.24) is 25.6 Å². The van der Waals surface area contributed by atoms with Crippen molar-refractivity contribution >= 4 is 28.5 Å². The monoisotopic (exact) mass is 412 g/mol. The molecule has 1 aromatic carbocycles. The van der Waals surface area contributed by atoms with Gasteiger partial charge >= 0.3 is 11.8 Å². The van der Waals surface area contributed by atoms with E-state index in [0.717, 1.165) is 16.5 Å². The van der Waals surface area contributed by atoms with E-state index in [1.54, 1.807) is 25.3 Å². The van der Waals surface area contributed by atoms with Crippen LogP contribution >= 0.6 is 0 Å². The van der Waals surface area contributed by atoms with Gasteiger partial charge in [-0.3, -0.25) is 9.59 Å². The fourth-order valence-corrected chi connectivity index (χ4v) is 2.92. The molecule has 0 saturated carbocycles. The van der Waals surface area contributed by atoms with E-state index in [0.29, 0.717) is 12.2 Å². The lowest BCUT2D eigenvalue weighted by Gasteiger charge is -2.01. The molecule has 3 N–H and O–H groups in total. The Bertz CT molecular complexity index is 1210. The molecule has 30 heavy (non-hydrogen) atoms. The molecule has 10 nitrogen and oxygen atoms in total. The number of aryl methyl sites for hydroxylation is 1. The number of benzene rings is 1. The van der Waals surface area contributed by atoms with E-state index in [1.807, 2.05) is 0 Å². The minimum atomic E-state index is -0.563. The Morgan fingerprint density at radius 2 is 2.07 bits per heavy atom. The Morgan fingerprint density at radius 3 is 2.87 bits per heavy atom. The number of carbonyl (C=O) groups excluding carboxylic acids is 2. The molecule has 11 heteroatoms. The summed E-state index contributed by atoms with van der Waals surface area (Å²) in [5.41, 5.74) is 1.69. The van der Waals surface area contributed by atoms with Crippen molar-refractivity contribution in [2.24, 2.45) is 0 Å². The lowest BCUT2D eigenvalue weighted by molar-refractivity contribution is -0.115. The minimum absolute atomic E-state index is 0.0602. The molecule has 3 heterocycles. The van der Waals surface area contributed by atoms with Crippen molar-refractivity contribution in [3.8, 4) is 0 Å². The summed E-state index contributed by atoms with van der Waals surface area (Å²) in [5, 5.41) is 13.2. The molecule has 4 aromatic rings. The van der Waals surface area contributed by atoms with E-state index < -0.39 is 11.8 Å². The number of aromatic nitrogens is 4. The molecule has 154 valence electrons. The third-order valence-corrected chi connectivity index (χ3v) is 4.29. The van der Waals surface area contributed by atoms with Crippen LogP contribution in [0.2, 0.25) is 0 Å². The molecule has 0 aliphatic heterocycles. The van der Waals surface area contributed by atoms with E-state index in [2.05, 4.69) is 30.9 Å². The van der Waals surface area contributed by atoms with Gasteiger partial charge in [0, 0.05) is 29.7 Å². The first-order valence-corrected chi connectivity index (χ1v) is 9.07. The molecule has 0 bridgehead atoms. The number of amides is 2. The fraction of sp³-hybridized carbons (Fsp3) is 0.211. The van der Waals surface area contributed by atoms with Crippen molar-refractivity contribution in [2.45, 2.75) is 19.8 Å². The van der Waals surface area contributed by atoms with Crippen molar-refractivity contribution in [3.63, 3.8) is 0 Å². The predicted octanol–water partition coefficient (Wildman–Crippen LogP) is 2.14. The Hall–Kier alpha value is -4.02. The molecule has 0 aliphatic carbocycles. The van der Waals surface area contributed by atoms with Crippen LogP contribution in [0.1, 0.15) is 27.8 Å². The molecule has 0 fully saturated rings. The van der Waals surface area contributed by atoms with E-state index in [-0.39, 0.29) is 36.3 Å². The minimum Gasteiger partial charge on any atom is -0.361 e. The lowest BCUT2D eigenvalue weighted by atomic mass is 10.1. The highest BCUT2D eigenvalue weighted by Gasteiger charge is 2.17. The number of anilines is 1. The van der Waals surface area contributed by atoms with Gasteiger partial charge in [0.15, 0.2) is 11.6 Å². The van der Waals surface area contributed by atoms with Crippen molar-refractivity contribution in [1.29, 1.82) is 0 Å². The number of rotatable bonds is 7. The average Bonchev–Trinajstić information content (AvgIpc) is 3.42. The van der Waals surface area contributed by atoms with Crippen LogP contribution in [0, 0.1) is 12.7 Å². The molecule has 0 saturated heterocycles. The third kappa shape index (κ3) is 4.35. The molecular weight excluding hydrogens is 395 g/mol. The van der Waals surface area contributed by atoms with Crippen molar-refractivity contribution in [3.05, 3.63) is 59.3 Å². The molecule has 2 amide bonds. The van der Waals surface area contributed by atoms with Gasteiger partial charge in [0.1, 0.15) is 11.6 Å². The molecule has 0 spiro atoms. The van der Waals surface area contributed by atoms with Crippen LogP contribution < -0.4 is 10.6 Å². The zero-order valence-electron chi connectivity index (χ0n) is 15.9. The number of fused-ring (bicyclic) bond motifs is 1. The van der Waals surface area contributed by atoms with E-state index in [4.69, 9.17) is 9.05 Å². The predicted molar refractivity (Wildman–Crippen MR) is 102 cm³/mol. The van der Waals surface area contributed by atoms with Gasteiger partial charge in [-0.15, -0.1) is 0 Å². The number of hydrogen-bond donors (Lipinski definition) is 3. The van der Waals surface area contributed by atoms with Gasteiger partial charge in [-0.25, -0.2) is 4.39 Å². The van der Waals surface area contributed by atoms with E-state index in [9.17, 15) is 14.0 Å². The Labute approximate surface area is 168 Å². The Balaban J connectivity index is 1.29. The molecule has 0 radical (unpaired) electrons. The second kappa shape index (κ2) is 8.15. The van der Waals surface area contributed by atoms with Crippen LogP contribution in [-0.4, -0.2) is 38.6 Å². The normalized spacial score (nSPS) is 11.0. The third-order valence-electron chi connectivity index (χ3n) is 4.29. The number of carbonyl (C=O) groups is 2. The van der Waals surface area contributed by atoms with Gasteiger partial charge in [-0.1, -0.05) is 10.3 Å². The molecule has 0 atom stereocenters. The topological polar surface area (TPSA) is 139 Å². The summed E-state index contributed by atoms with van der Waals surface area (Å²) in [7, 11) is 0. The number of aromatic amines is 1. The quantitative estimate of drug-likeness (QED) is 0.423. The number of hydrogen-bond acceptors (Lipinski definition) is 7. The zero-order chi connectivity index (χ0) is 21.1. The highest BCUT2D eigenvalue weighted by molar-refractivity contribution is 5.92. The number of H-pyrrole nitrogens is 1. The van der Waals surface area contributed by atoms with Crippen LogP contribution in [0.4, 0.5) is 10.2 Å². The fourth-order valence-electron chi connectivity index (χ4n) is 2.92. The summed E-state index contributed by atoms with van der Waals surface area (Å²) in [4.78, 5) is 31.1. The highest BCUT2D eigenvalue weighted by atomic mass is 19.1. The first-order valence-electron chi connectivity index (χ1n) is 9.07. The zero-order valence-corrected chi connectivity index (χ0v) is 15.9. The van der Waals surface area contributed by atoms with Crippen LogP contribution in [0.15, 0.2) is 39.5 Å². The standard InChI is InChI=1S/C19H17FN6O4/c1-10-6-15(25-29-10)23-17(27)8-16-24-19(30-26-16)18(28)21-5-4-11-9-22-14-3-2-12(20)7-13(11)14/h2-3,6-7,9,22H,4-5,8H2,1H3,(H,21,28)(H,23,25,27). The SMILES string of the molecule is Cc1cc(NC(=O)Cc2noc(C(=O)NCCc3c[nH]c4ccc(F)cc34)n2)no1. The van der Waals surface area contributed by atoms with Gasteiger partial charge in [0.25, 0.3) is 0 Å². The van der Waals surface area contributed by atoms with Crippen LogP contribution in [-0.2, 0) is 17.6 Å². The van der Waals surface area contributed by atoms with Gasteiger partial charge in [0.2, 0.25) is 5.91 Å². The maximum Gasteiger partial charge on any atom is 0.315 e. The summed E-state index contributed by atoms with van der Waals surface area (Å²) in [6, 6.07) is 6.05. The Kier molecular flexibility index (Phi) is 5.24. The average molecular weight is 412 g/mol. The lowest BCUT2D eigenvalue weighted by Crippen LogP contribution is -2.26. The van der Waals surface area contributed by atoms with Crippen LogP contribution in [0.25, 0.3) is 10.9 Å². The summed E-state index contributed by atoms with van der Waals surface area (Å²) < 4.78 is 23.2. The molecule has 0 unspecified atom stereocenters. The maximum absolute atomic E-state index is 13.4. The Morgan fingerprint density at radius 1 is 1.20 bits per heavy atom. The number of nitrogens with zero attached hydrogens (tertiary/aromatic N) is 3. The van der Waals surface area contributed by atoms with Gasteiger partial charge in [0.05, 0.1) is 6.42 Å². The number of nitrogens with one attached hydrogen (secondary N) is 3. The molecule has 3 aromatic heterocycles. The first-order chi connectivity index (χ1) is 14.5. The second-order valence-corrected chi connectivity index (χ2v) is 6.57. The molecule has 0 aliphatic rings. The maximum atomic E-state index is 13.4. The number of halogens is 1. The summed E-state index contributed by atoms with van der Waals surface area (Å²) in [6.07, 6.45) is 2.06. The summed E-state index contributed by atoms with van der Waals surface area (Å²) in [6.45, 7) is 1.98. The van der Waals surface area contributed by atoms with Crippen LogP contribution in [0.5, 0.6) is 0 Å². The van der Waals surface area contributed by atoms with E-state index >= 15 is 0 Å². The molecule has 4 rings (SSSR count). The van der Waals surface area contributed by atoms with Gasteiger partial charge in [-0.2, -0.15) is 4.98 Å². The highest BCUT2D eigenvalue weighted by Crippen LogP contribution is 2.19. The largest absolute Gasteiger partial charge is 0.361 e. The van der Waals surface area contributed by atoms with Crippen molar-refractivity contribution < 1.29 is 23.0 Å². The smallest absolute Gasteiger partial charge is 0.315 e. The first kappa shape index (κ1) is 19.3. The molecular formula is C19H17FN6O4.